The highest BCUT2D eigenvalue weighted by Gasteiger charge is 2.58. The molecule has 0 radical (unpaired) electrons. The van der Waals surface area contributed by atoms with Crippen molar-refractivity contribution < 1.29 is 14.4 Å². The molecule has 0 aromatic heterocycles. The second-order valence-electron chi connectivity index (χ2n) is 6.03. The molecule has 21 heavy (non-hydrogen) atoms. The van der Waals surface area contributed by atoms with Gasteiger partial charge in [0.2, 0.25) is 5.91 Å². The highest BCUT2D eigenvalue weighted by atomic mass is 16.6. The Hall–Kier alpha value is -1.69. The van der Waals surface area contributed by atoms with Crippen molar-refractivity contribution in [1.82, 2.24) is 10.6 Å². The van der Waals surface area contributed by atoms with Crippen LogP contribution in [0.3, 0.4) is 0 Å². The quantitative estimate of drug-likeness (QED) is 0.431. The molecule has 1 aliphatic carbocycles. The average Bonchev–Trinajstić information content (AvgIpc) is 2.94. The number of rotatable bonds is 6. The molecular weight excluding hydrogens is 270 g/mol. The number of nitrogens with one attached hydrogen (secondary N) is 2. The van der Waals surface area contributed by atoms with Gasteiger partial charge in [-0.1, -0.05) is 11.2 Å². The normalized spacial score (nSPS) is 34.0. The minimum absolute atomic E-state index is 0.0160. The molecular formula is C15H23N3O3. The molecule has 0 aromatic carbocycles. The molecule has 0 bridgehead atoms. The first-order chi connectivity index (χ1) is 9.89. The van der Waals surface area contributed by atoms with Crippen molar-refractivity contribution in [2.75, 3.05) is 6.54 Å². The molecule has 1 unspecified atom stereocenters. The van der Waals surface area contributed by atoms with E-state index in [2.05, 4.69) is 22.4 Å². The molecule has 1 saturated carbocycles. The summed E-state index contributed by atoms with van der Waals surface area (Å²) in [6.07, 6.45) is 2.81. The van der Waals surface area contributed by atoms with Crippen molar-refractivity contribution in [3.05, 3.63) is 12.7 Å². The number of hydrogen-bond donors (Lipinski definition) is 2. The lowest BCUT2D eigenvalue weighted by Gasteiger charge is -2.18. The van der Waals surface area contributed by atoms with Crippen LogP contribution in [0.2, 0.25) is 0 Å². The highest BCUT2D eigenvalue weighted by molar-refractivity contribution is 5.96. The molecule has 1 heterocycles. The maximum atomic E-state index is 12.3. The maximum Gasteiger partial charge on any atom is 0.238 e. The van der Waals surface area contributed by atoms with Gasteiger partial charge in [-0.2, -0.15) is 0 Å². The first-order valence-corrected chi connectivity index (χ1v) is 7.25. The van der Waals surface area contributed by atoms with E-state index in [-0.39, 0.29) is 29.8 Å². The summed E-state index contributed by atoms with van der Waals surface area (Å²) >= 11 is 0. The number of amides is 1. The second-order valence-corrected chi connectivity index (χ2v) is 6.03. The number of hydrogen-bond acceptors (Lipinski definition) is 5. The van der Waals surface area contributed by atoms with Crippen LogP contribution in [0, 0.1) is 5.92 Å². The van der Waals surface area contributed by atoms with Gasteiger partial charge in [0.1, 0.15) is 11.6 Å². The maximum absolute atomic E-state index is 12.3. The van der Waals surface area contributed by atoms with Crippen molar-refractivity contribution in [3.8, 4) is 0 Å². The summed E-state index contributed by atoms with van der Waals surface area (Å²) in [5, 5.41) is 9.91. The smallest absolute Gasteiger partial charge is 0.238 e. The Kier molecular flexibility index (Phi) is 4.46. The van der Waals surface area contributed by atoms with E-state index in [1.54, 1.807) is 6.08 Å². The van der Waals surface area contributed by atoms with E-state index in [0.717, 1.165) is 5.71 Å². The fourth-order valence-electron chi connectivity index (χ4n) is 2.68. The molecule has 2 N–H and O–H groups in total. The Labute approximate surface area is 125 Å². The van der Waals surface area contributed by atoms with E-state index in [4.69, 9.17) is 4.84 Å². The number of carbonyl (C=O) groups excluding carboxylic acids is 2. The topological polar surface area (TPSA) is 79.8 Å². The minimum atomic E-state index is -0.738. The van der Waals surface area contributed by atoms with Crippen LogP contribution >= 0.6 is 0 Å². The Morgan fingerprint density at radius 3 is 2.67 bits per heavy atom. The van der Waals surface area contributed by atoms with Gasteiger partial charge in [-0.15, -0.1) is 6.58 Å². The van der Waals surface area contributed by atoms with Crippen LogP contribution in [0.25, 0.3) is 0 Å². The van der Waals surface area contributed by atoms with Gasteiger partial charge < -0.3 is 15.5 Å². The zero-order valence-electron chi connectivity index (χ0n) is 12.8. The molecule has 4 atom stereocenters. The number of ketones is 1. The van der Waals surface area contributed by atoms with Gasteiger partial charge in [0.15, 0.2) is 5.78 Å². The predicted molar refractivity (Wildman–Crippen MR) is 79.9 cm³/mol. The Morgan fingerprint density at radius 2 is 2.14 bits per heavy atom. The summed E-state index contributed by atoms with van der Waals surface area (Å²) in [7, 11) is 0. The van der Waals surface area contributed by atoms with E-state index < -0.39 is 5.54 Å². The Morgan fingerprint density at radius 1 is 1.43 bits per heavy atom. The highest BCUT2D eigenvalue weighted by Crippen LogP contribution is 2.45. The van der Waals surface area contributed by atoms with Crippen LogP contribution in [0.1, 0.15) is 33.6 Å². The molecule has 6 heteroatoms. The van der Waals surface area contributed by atoms with E-state index in [1.165, 1.54) is 6.92 Å². The molecule has 6 nitrogen and oxygen atoms in total. The van der Waals surface area contributed by atoms with Crippen molar-refractivity contribution in [2.45, 2.75) is 51.3 Å². The van der Waals surface area contributed by atoms with Crippen molar-refractivity contribution in [1.29, 1.82) is 0 Å². The van der Waals surface area contributed by atoms with Crippen LogP contribution in [-0.2, 0) is 14.4 Å². The summed E-state index contributed by atoms with van der Waals surface area (Å²) in [5.74, 6) is -0.129. The van der Waals surface area contributed by atoms with Gasteiger partial charge in [-0.25, -0.2) is 0 Å². The SMILES string of the molecule is C=CC1C[C@]1(NC(=O)[C@@H]1C[C@@H](ON=C(C)C)CN1)C(C)=O. The van der Waals surface area contributed by atoms with E-state index in [1.807, 2.05) is 13.8 Å². The largest absolute Gasteiger partial charge is 0.391 e. The van der Waals surface area contributed by atoms with Crippen molar-refractivity contribution >= 4 is 17.4 Å². The Bertz CT molecular complexity index is 485. The first-order valence-electron chi connectivity index (χ1n) is 7.25. The van der Waals surface area contributed by atoms with Crippen LogP contribution in [0.4, 0.5) is 0 Å². The molecule has 1 saturated heterocycles. The molecule has 2 fully saturated rings. The zero-order valence-corrected chi connectivity index (χ0v) is 12.8. The fourth-order valence-corrected chi connectivity index (χ4v) is 2.68. The van der Waals surface area contributed by atoms with Gasteiger partial charge in [0.05, 0.1) is 11.8 Å². The van der Waals surface area contributed by atoms with Gasteiger partial charge in [0, 0.05) is 18.9 Å². The van der Waals surface area contributed by atoms with Crippen LogP contribution < -0.4 is 10.6 Å². The van der Waals surface area contributed by atoms with Gasteiger partial charge in [-0.3, -0.25) is 9.59 Å². The van der Waals surface area contributed by atoms with Gasteiger partial charge in [-0.05, 0) is 27.2 Å². The van der Waals surface area contributed by atoms with Crippen molar-refractivity contribution in [2.24, 2.45) is 11.1 Å². The molecule has 116 valence electrons. The van der Waals surface area contributed by atoms with Crippen LogP contribution in [0.5, 0.6) is 0 Å². The third kappa shape index (κ3) is 3.32. The van der Waals surface area contributed by atoms with Gasteiger partial charge in [0.25, 0.3) is 0 Å². The zero-order chi connectivity index (χ0) is 15.6. The summed E-state index contributed by atoms with van der Waals surface area (Å²) < 4.78 is 0. The van der Waals surface area contributed by atoms with E-state index >= 15 is 0 Å². The average molecular weight is 293 g/mol. The monoisotopic (exact) mass is 293 g/mol. The summed E-state index contributed by atoms with van der Waals surface area (Å²) in [6.45, 7) is 9.50. The third-order valence-corrected chi connectivity index (χ3v) is 4.07. The molecule has 2 aliphatic rings. The van der Waals surface area contributed by atoms with Crippen LogP contribution in [0.15, 0.2) is 17.8 Å². The number of Topliss-reactive ketones (excluding diaryl/α,β-unsaturated/α-hetero) is 1. The summed E-state index contributed by atoms with van der Waals surface area (Å²) in [4.78, 5) is 29.4. The number of carbonyl (C=O) groups is 2. The Balaban J connectivity index is 1.89. The lowest BCUT2D eigenvalue weighted by molar-refractivity contribution is -0.129. The van der Waals surface area contributed by atoms with E-state index in [0.29, 0.717) is 19.4 Å². The third-order valence-electron chi connectivity index (χ3n) is 4.07. The standard InChI is InChI=1S/C15H23N3O3/c1-5-11-7-15(11,10(4)19)17-14(20)13-6-12(8-16-13)21-18-9(2)3/h5,11-13,16H,1,6-8H2,2-4H3,(H,17,20)/t11?,12-,13+,15+/m1/s1. The van der Waals surface area contributed by atoms with Crippen molar-refractivity contribution in [3.63, 3.8) is 0 Å². The first kappa shape index (κ1) is 15.7. The second kappa shape index (κ2) is 5.97. The fraction of sp³-hybridized carbons (Fsp3) is 0.667. The molecule has 1 amide bonds. The number of nitrogens with zero attached hydrogens (tertiary/aromatic N) is 1. The minimum Gasteiger partial charge on any atom is -0.391 e. The lowest BCUT2D eigenvalue weighted by Crippen LogP contribution is -2.50. The summed E-state index contributed by atoms with van der Waals surface area (Å²) in [6, 6.07) is -0.343. The lowest BCUT2D eigenvalue weighted by atomic mass is 10.1. The molecule has 0 aromatic rings. The molecule has 2 rings (SSSR count). The molecule has 0 spiro atoms. The van der Waals surface area contributed by atoms with Crippen LogP contribution in [-0.4, -0.2) is 41.6 Å². The number of oxime groups is 1. The van der Waals surface area contributed by atoms with Gasteiger partial charge >= 0.3 is 0 Å². The predicted octanol–water partition coefficient (Wildman–Crippen LogP) is 0.779. The van der Waals surface area contributed by atoms with E-state index in [9.17, 15) is 9.59 Å². The summed E-state index contributed by atoms with van der Waals surface area (Å²) in [5.41, 5.74) is 0.0997. The molecule has 1 aliphatic heterocycles.